The summed E-state index contributed by atoms with van der Waals surface area (Å²) in [6, 6.07) is 4.19. The summed E-state index contributed by atoms with van der Waals surface area (Å²) < 4.78 is 28.3. The van der Waals surface area contributed by atoms with Crippen molar-refractivity contribution < 1.29 is 22.7 Å². The van der Waals surface area contributed by atoms with E-state index in [1.165, 1.54) is 4.90 Å². The maximum Gasteiger partial charge on any atom is 0.244 e. The average molecular weight is 437 g/mol. The van der Waals surface area contributed by atoms with E-state index in [2.05, 4.69) is 5.32 Å². The Morgan fingerprint density at radius 2 is 1.93 bits per heavy atom. The Bertz CT molecular complexity index is 787. The molecule has 150 valence electrons. The van der Waals surface area contributed by atoms with Crippen LogP contribution in [0.15, 0.2) is 18.2 Å². The first-order valence-electron chi connectivity index (χ1n) is 8.54. The van der Waals surface area contributed by atoms with E-state index in [0.29, 0.717) is 28.8 Å². The molecule has 0 aromatic heterocycles. The molecule has 1 aromatic carbocycles. The van der Waals surface area contributed by atoms with Gasteiger partial charge in [-0.3, -0.25) is 9.59 Å². The second kappa shape index (κ2) is 9.61. The summed E-state index contributed by atoms with van der Waals surface area (Å²) in [4.78, 5) is 25.8. The van der Waals surface area contributed by atoms with Crippen molar-refractivity contribution in [2.75, 3.05) is 31.2 Å². The third-order valence-corrected chi connectivity index (χ3v) is 6.24. The number of hydrogen-bond acceptors (Lipinski definition) is 5. The highest BCUT2D eigenvalue weighted by molar-refractivity contribution is 7.91. The SMILES string of the molecule is CC(NC(=O)CCCOc1ccc(Cl)cc1Cl)C(=O)N1CCS(=O)(=O)CC1. The molecule has 1 N–H and O–H groups in total. The quantitative estimate of drug-likeness (QED) is 0.658. The van der Waals surface area contributed by atoms with Crippen LogP contribution in [0.1, 0.15) is 19.8 Å². The van der Waals surface area contributed by atoms with Crippen molar-refractivity contribution in [3.05, 3.63) is 28.2 Å². The molecular formula is C17H22Cl2N2O5S. The van der Waals surface area contributed by atoms with E-state index < -0.39 is 15.9 Å². The lowest BCUT2D eigenvalue weighted by Gasteiger charge is -2.29. The lowest BCUT2D eigenvalue weighted by Crippen LogP contribution is -2.51. The number of benzene rings is 1. The maximum atomic E-state index is 12.3. The van der Waals surface area contributed by atoms with Gasteiger partial charge in [-0.05, 0) is 31.5 Å². The summed E-state index contributed by atoms with van der Waals surface area (Å²) in [6.45, 7) is 2.21. The largest absolute Gasteiger partial charge is 0.492 e. The molecule has 7 nitrogen and oxygen atoms in total. The van der Waals surface area contributed by atoms with Crippen LogP contribution in [-0.2, 0) is 19.4 Å². The number of rotatable bonds is 7. The number of amides is 2. The maximum absolute atomic E-state index is 12.3. The molecule has 2 amide bonds. The Morgan fingerprint density at radius 1 is 1.26 bits per heavy atom. The van der Waals surface area contributed by atoms with E-state index in [4.69, 9.17) is 27.9 Å². The summed E-state index contributed by atoms with van der Waals surface area (Å²) in [7, 11) is -3.05. The second-order valence-corrected chi connectivity index (χ2v) is 9.44. The van der Waals surface area contributed by atoms with Crippen molar-refractivity contribution in [2.24, 2.45) is 0 Å². The van der Waals surface area contributed by atoms with Gasteiger partial charge in [0.05, 0.1) is 23.1 Å². The molecule has 1 heterocycles. The monoisotopic (exact) mass is 436 g/mol. The van der Waals surface area contributed by atoms with E-state index in [-0.39, 0.29) is 42.8 Å². The van der Waals surface area contributed by atoms with E-state index in [0.717, 1.165) is 0 Å². The molecule has 1 fully saturated rings. The van der Waals surface area contributed by atoms with Crippen LogP contribution in [0.2, 0.25) is 10.0 Å². The van der Waals surface area contributed by atoms with Crippen molar-refractivity contribution in [1.29, 1.82) is 0 Å². The fraction of sp³-hybridized carbons (Fsp3) is 0.529. The van der Waals surface area contributed by atoms with E-state index >= 15 is 0 Å². The third kappa shape index (κ3) is 6.86. The van der Waals surface area contributed by atoms with Gasteiger partial charge >= 0.3 is 0 Å². The molecule has 2 rings (SSSR count). The second-order valence-electron chi connectivity index (χ2n) is 6.29. The Kier molecular flexibility index (Phi) is 7.76. The molecule has 10 heteroatoms. The summed E-state index contributed by atoms with van der Waals surface area (Å²) in [5.41, 5.74) is 0. The van der Waals surface area contributed by atoms with Crippen molar-refractivity contribution >= 4 is 44.9 Å². The minimum absolute atomic E-state index is 0.0377. The van der Waals surface area contributed by atoms with Crippen LogP contribution in [0.3, 0.4) is 0 Å². The molecular weight excluding hydrogens is 415 g/mol. The van der Waals surface area contributed by atoms with Crippen molar-refractivity contribution in [3.63, 3.8) is 0 Å². The first-order chi connectivity index (χ1) is 12.7. The lowest BCUT2D eigenvalue weighted by atomic mass is 10.2. The topological polar surface area (TPSA) is 92.8 Å². The molecule has 0 spiro atoms. The number of nitrogens with zero attached hydrogens (tertiary/aromatic N) is 1. The molecule has 1 aliphatic heterocycles. The Labute approximate surface area is 168 Å². The van der Waals surface area contributed by atoms with Crippen LogP contribution in [0, 0.1) is 0 Å². The van der Waals surface area contributed by atoms with Crippen LogP contribution in [0.5, 0.6) is 5.75 Å². The smallest absolute Gasteiger partial charge is 0.244 e. The molecule has 1 aliphatic rings. The normalized spacial score (nSPS) is 17.2. The molecule has 1 aromatic rings. The van der Waals surface area contributed by atoms with Crippen LogP contribution < -0.4 is 10.1 Å². The number of carbonyl (C=O) groups excluding carboxylic acids is 2. The van der Waals surface area contributed by atoms with Gasteiger partial charge in [0.2, 0.25) is 11.8 Å². The number of nitrogens with one attached hydrogen (secondary N) is 1. The standard InChI is InChI=1S/C17H22Cl2N2O5S/c1-12(17(23)21-6-9-27(24,25)10-7-21)20-16(22)3-2-8-26-15-5-4-13(18)11-14(15)19/h4-5,11-12H,2-3,6-10H2,1H3,(H,20,22). The van der Waals surface area contributed by atoms with Gasteiger partial charge in [-0.1, -0.05) is 23.2 Å². The summed E-state index contributed by atoms with van der Waals surface area (Å²) >= 11 is 11.8. The molecule has 0 radical (unpaired) electrons. The van der Waals surface area contributed by atoms with Gasteiger partial charge in [0, 0.05) is 24.5 Å². The van der Waals surface area contributed by atoms with Gasteiger partial charge in [0.1, 0.15) is 11.8 Å². The third-order valence-electron chi connectivity index (χ3n) is 4.10. The van der Waals surface area contributed by atoms with Crippen LogP contribution >= 0.6 is 23.2 Å². The number of ether oxygens (including phenoxy) is 1. The number of hydrogen-bond donors (Lipinski definition) is 1. The zero-order valence-electron chi connectivity index (χ0n) is 14.9. The molecule has 0 saturated carbocycles. The minimum atomic E-state index is -3.05. The zero-order valence-corrected chi connectivity index (χ0v) is 17.2. The fourth-order valence-electron chi connectivity index (χ4n) is 2.59. The van der Waals surface area contributed by atoms with Gasteiger partial charge in [0.25, 0.3) is 0 Å². The molecule has 1 atom stereocenters. The van der Waals surface area contributed by atoms with Gasteiger partial charge in [-0.2, -0.15) is 0 Å². The molecule has 0 bridgehead atoms. The lowest BCUT2D eigenvalue weighted by molar-refractivity contribution is -0.135. The molecule has 1 unspecified atom stereocenters. The van der Waals surface area contributed by atoms with Crippen molar-refractivity contribution in [1.82, 2.24) is 10.2 Å². The molecule has 0 aliphatic carbocycles. The minimum Gasteiger partial charge on any atom is -0.492 e. The highest BCUT2D eigenvalue weighted by atomic mass is 35.5. The number of halogens is 2. The van der Waals surface area contributed by atoms with Crippen molar-refractivity contribution in [2.45, 2.75) is 25.8 Å². The van der Waals surface area contributed by atoms with Gasteiger partial charge < -0.3 is 15.0 Å². The van der Waals surface area contributed by atoms with Gasteiger partial charge in [-0.25, -0.2) is 8.42 Å². The van der Waals surface area contributed by atoms with Crippen LogP contribution in [-0.4, -0.2) is 62.4 Å². The predicted octanol–water partition coefficient (Wildman–Crippen LogP) is 1.91. The Balaban J connectivity index is 1.69. The van der Waals surface area contributed by atoms with E-state index in [1.54, 1.807) is 25.1 Å². The number of carbonyl (C=O) groups is 2. The summed E-state index contributed by atoms with van der Waals surface area (Å²) in [5.74, 6) is -0.132. The summed E-state index contributed by atoms with van der Waals surface area (Å²) in [6.07, 6.45) is 0.644. The van der Waals surface area contributed by atoms with E-state index in [9.17, 15) is 18.0 Å². The number of sulfone groups is 1. The van der Waals surface area contributed by atoms with Crippen molar-refractivity contribution in [3.8, 4) is 5.75 Å². The average Bonchev–Trinajstić information content (AvgIpc) is 2.59. The highest BCUT2D eigenvalue weighted by Gasteiger charge is 2.28. The zero-order chi connectivity index (χ0) is 20.0. The molecule has 1 saturated heterocycles. The van der Waals surface area contributed by atoms with E-state index in [1.807, 2.05) is 0 Å². The van der Waals surface area contributed by atoms with Gasteiger partial charge in [-0.15, -0.1) is 0 Å². The Morgan fingerprint density at radius 3 is 2.56 bits per heavy atom. The van der Waals surface area contributed by atoms with Crippen LogP contribution in [0.4, 0.5) is 0 Å². The van der Waals surface area contributed by atoms with Gasteiger partial charge in [0.15, 0.2) is 9.84 Å². The predicted molar refractivity (Wildman–Crippen MR) is 104 cm³/mol. The Hall–Kier alpha value is -1.51. The summed E-state index contributed by atoms with van der Waals surface area (Å²) in [5, 5.41) is 3.55. The first-order valence-corrected chi connectivity index (χ1v) is 11.1. The first kappa shape index (κ1) is 21.8. The molecule has 27 heavy (non-hydrogen) atoms. The fourth-order valence-corrected chi connectivity index (χ4v) is 4.25. The highest BCUT2D eigenvalue weighted by Crippen LogP contribution is 2.27. The van der Waals surface area contributed by atoms with Crippen LogP contribution in [0.25, 0.3) is 0 Å².